The molecule has 2 rings (SSSR count). The Bertz CT molecular complexity index is 874. The molecule has 0 spiro atoms. The average molecular weight is 478 g/mol. The number of Topliss-reactive ketones (excluding diaryl/α,β-unsaturated/α-hetero) is 1. The van der Waals surface area contributed by atoms with E-state index in [1.807, 2.05) is 32.2 Å². The number of hydrogen-bond acceptors (Lipinski definition) is 7. The quantitative estimate of drug-likeness (QED) is 0.466. The molecular formula is C26H39NO5S. The van der Waals surface area contributed by atoms with Crippen LogP contribution in [-0.2, 0) is 14.3 Å². The highest BCUT2D eigenvalue weighted by molar-refractivity contribution is 7.09. The molecule has 6 atom stereocenters. The van der Waals surface area contributed by atoms with Crippen molar-refractivity contribution in [1.82, 2.24) is 4.98 Å². The fourth-order valence-corrected chi connectivity index (χ4v) is 4.77. The number of rotatable bonds is 2. The zero-order chi connectivity index (χ0) is 24.7. The molecule has 0 radical (unpaired) electrons. The minimum Gasteiger partial charge on any atom is -0.457 e. The highest BCUT2D eigenvalue weighted by Gasteiger charge is 2.34. The van der Waals surface area contributed by atoms with Gasteiger partial charge in [-0.3, -0.25) is 9.59 Å². The van der Waals surface area contributed by atoms with Crippen molar-refractivity contribution in [2.75, 3.05) is 0 Å². The van der Waals surface area contributed by atoms with Crippen LogP contribution in [0.2, 0.25) is 0 Å². The van der Waals surface area contributed by atoms with E-state index in [4.69, 9.17) is 4.74 Å². The molecule has 184 valence electrons. The van der Waals surface area contributed by atoms with Gasteiger partial charge in [0.05, 0.1) is 29.3 Å². The molecule has 1 unspecified atom stereocenters. The van der Waals surface area contributed by atoms with Gasteiger partial charge in [-0.15, -0.1) is 11.3 Å². The monoisotopic (exact) mass is 477 g/mol. The molecule has 6 nitrogen and oxygen atoms in total. The molecule has 0 bridgehead atoms. The van der Waals surface area contributed by atoms with E-state index in [0.717, 1.165) is 35.5 Å². The van der Waals surface area contributed by atoms with Crippen molar-refractivity contribution in [2.24, 2.45) is 17.8 Å². The summed E-state index contributed by atoms with van der Waals surface area (Å²) < 4.78 is 5.76. The second kappa shape index (κ2) is 12.6. The van der Waals surface area contributed by atoms with Crippen LogP contribution in [0.1, 0.15) is 77.4 Å². The predicted octanol–water partition coefficient (Wildman–Crippen LogP) is 4.88. The molecule has 0 aliphatic carbocycles. The molecule has 0 aromatic carbocycles. The topological polar surface area (TPSA) is 96.7 Å². The molecule has 0 amide bonds. The third-order valence-electron chi connectivity index (χ3n) is 6.65. The number of aromatic nitrogens is 1. The number of carbonyl (C=O) groups excluding carboxylic acids is 2. The van der Waals surface area contributed by atoms with Crippen LogP contribution in [0.3, 0.4) is 0 Å². The number of esters is 1. The summed E-state index contributed by atoms with van der Waals surface area (Å²) in [4.78, 5) is 30.0. The van der Waals surface area contributed by atoms with Crippen LogP contribution in [0, 0.1) is 24.7 Å². The number of aliphatic hydroxyl groups is 2. The van der Waals surface area contributed by atoms with Crippen LogP contribution in [0.25, 0.3) is 6.08 Å². The lowest BCUT2D eigenvalue weighted by Crippen LogP contribution is -2.39. The second-order valence-electron chi connectivity index (χ2n) is 9.56. The lowest BCUT2D eigenvalue weighted by atomic mass is 9.81. The van der Waals surface area contributed by atoms with Crippen molar-refractivity contribution in [1.29, 1.82) is 0 Å². The highest BCUT2D eigenvalue weighted by atomic mass is 32.1. The number of thiazole rings is 1. The number of aliphatic hydroxyl groups excluding tert-OH is 2. The van der Waals surface area contributed by atoms with Crippen molar-refractivity contribution in [3.05, 3.63) is 33.3 Å². The van der Waals surface area contributed by atoms with Crippen molar-refractivity contribution in [3.63, 3.8) is 0 Å². The Labute approximate surface area is 201 Å². The van der Waals surface area contributed by atoms with E-state index in [1.165, 1.54) is 5.57 Å². The van der Waals surface area contributed by atoms with Gasteiger partial charge >= 0.3 is 5.97 Å². The summed E-state index contributed by atoms with van der Waals surface area (Å²) in [6.07, 6.45) is 4.46. The fraction of sp³-hybridized carbons (Fsp3) is 0.654. The van der Waals surface area contributed by atoms with E-state index in [2.05, 4.69) is 18.0 Å². The Morgan fingerprint density at radius 3 is 2.52 bits per heavy atom. The van der Waals surface area contributed by atoms with E-state index >= 15 is 0 Å². The smallest absolute Gasteiger partial charge is 0.309 e. The van der Waals surface area contributed by atoms with E-state index in [-0.39, 0.29) is 18.1 Å². The molecule has 1 aromatic rings. The number of nitrogens with zero attached hydrogens (tertiary/aromatic N) is 1. The van der Waals surface area contributed by atoms with Crippen molar-refractivity contribution in [3.8, 4) is 0 Å². The lowest BCUT2D eigenvalue weighted by Gasteiger charge is -2.28. The Morgan fingerprint density at radius 2 is 1.88 bits per heavy atom. The first-order valence-corrected chi connectivity index (χ1v) is 12.7. The summed E-state index contributed by atoms with van der Waals surface area (Å²) in [5, 5.41) is 24.1. The van der Waals surface area contributed by atoms with E-state index in [1.54, 1.807) is 25.2 Å². The molecule has 33 heavy (non-hydrogen) atoms. The average Bonchev–Trinajstić information content (AvgIpc) is 3.17. The first kappa shape index (κ1) is 27.4. The van der Waals surface area contributed by atoms with Crippen LogP contribution in [0.4, 0.5) is 0 Å². The first-order chi connectivity index (χ1) is 15.5. The van der Waals surface area contributed by atoms with Gasteiger partial charge in [-0.2, -0.15) is 0 Å². The molecule has 0 saturated heterocycles. The highest BCUT2D eigenvalue weighted by Crippen LogP contribution is 2.26. The third kappa shape index (κ3) is 8.16. The van der Waals surface area contributed by atoms with Crippen LogP contribution >= 0.6 is 11.3 Å². The Kier molecular flexibility index (Phi) is 10.5. The summed E-state index contributed by atoms with van der Waals surface area (Å²) in [6, 6.07) is 0. The van der Waals surface area contributed by atoms with Gasteiger partial charge in [-0.05, 0) is 57.6 Å². The van der Waals surface area contributed by atoms with Gasteiger partial charge in [0.1, 0.15) is 11.9 Å². The van der Waals surface area contributed by atoms with Crippen LogP contribution in [-0.4, -0.2) is 45.3 Å². The summed E-state index contributed by atoms with van der Waals surface area (Å²) in [6.45, 7) is 11.2. The lowest BCUT2D eigenvalue weighted by molar-refractivity contribution is -0.151. The zero-order valence-electron chi connectivity index (χ0n) is 20.7. The summed E-state index contributed by atoms with van der Waals surface area (Å²) in [7, 11) is 0. The standard InChI is InChI=1S/C26H39NO5S/c1-15-8-7-9-16(2)25(30)19(5)26(31)18(4)22(28)13-24(29)32-23(11-10-15)17(3)12-21-14-33-20(6)27-21/h10,12,14,16,18-19,22-23,25,28,30H,7-9,11,13H2,1-6H3/b15-10-,17-12+/t16-,18?,19+,22-,23-,25-/m0/s1. The van der Waals surface area contributed by atoms with Gasteiger partial charge in [0.15, 0.2) is 0 Å². The largest absolute Gasteiger partial charge is 0.457 e. The Morgan fingerprint density at radius 1 is 1.18 bits per heavy atom. The van der Waals surface area contributed by atoms with E-state index in [9.17, 15) is 19.8 Å². The maximum absolute atomic E-state index is 12.8. The number of aryl methyl sites for hydroxylation is 1. The fourth-order valence-electron chi connectivity index (χ4n) is 4.20. The van der Waals surface area contributed by atoms with E-state index < -0.39 is 36.1 Å². The summed E-state index contributed by atoms with van der Waals surface area (Å²) in [5.74, 6) is -2.18. The number of hydrogen-bond donors (Lipinski definition) is 2. The Balaban J connectivity index is 2.27. The minimum absolute atomic E-state index is 0.0292. The molecule has 2 N–H and O–H groups in total. The van der Waals surface area contributed by atoms with Gasteiger partial charge < -0.3 is 14.9 Å². The normalized spacial score (nSPS) is 33.3. The van der Waals surface area contributed by atoms with Gasteiger partial charge in [-0.25, -0.2) is 4.98 Å². The molecule has 7 heteroatoms. The number of carbonyl (C=O) groups is 2. The summed E-state index contributed by atoms with van der Waals surface area (Å²) >= 11 is 1.56. The molecule has 0 fully saturated rings. The van der Waals surface area contributed by atoms with Gasteiger partial charge in [0.25, 0.3) is 0 Å². The number of ketones is 1. The molecule has 1 aliphatic heterocycles. The first-order valence-electron chi connectivity index (χ1n) is 11.8. The molecule has 1 aliphatic rings. The number of allylic oxidation sites excluding steroid dienone is 1. The van der Waals surface area contributed by atoms with Gasteiger partial charge in [-0.1, -0.05) is 32.4 Å². The predicted molar refractivity (Wildman–Crippen MR) is 132 cm³/mol. The van der Waals surface area contributed by atoms with Crippen LogP contribution in [0.5, 0.6) is 0 Å². The maximum Gasteiger partial charge on any atom is 0.309 e. The van der Waals surface area contributed by atoms with Crippen molar-refractivity contribution < 1.29 is 24.5 Å². The summed E-state index contributed by atoms with van der Waals surface area (Å²) in [5.41, 5.74) is 2.90. The SMILES string of the molecule is C/C1=C/C[C@@H](/C(C)=C/c2csc(C)n2)OC(=O)C[C@H](O)C(C)C(=O)[C@H](C)[C@@H](O)[C@@H](C)CCC1. The van der Waals surface area contributed by atoms with Crippen LogP contribution in [0.15, 0.2) is 22.6 Å². The molecule has 2 heterocycles. The van der Waals surface area contributed by atoms with Crippen LogP contribution < -0.4 is 0 Å². The van der Waals surface area contributed by atoms with Gasteiger partial charge in [0, 0.05) is 23.6 Å². The van der Waals surface area contributed by atoms with Gasteiger partial charge in [0.2, 0.25) is 0 Å². The van der Waals surface area contributed by atoms with Crippen molar-refractivity contribution in [2.45, 2.75) is 92.0 Å². The minimum atomic E-state index is -1.16. The molecular weight excluding hydrogens is 438 g/mol. The number of ether oxygens (including phenoxy) is 1. The second-order valence-corrected chi connectivity index (χ2v) is 10.6. The molecule has 0 saturated carbocycles. The third-order valence-corrected chi connectivity index (χ3v) is 7.44. The zero-order valence-corrected chi connectivity index (χ0v) is 21.5. The Hall–Kier alpha value is -1.83. The maximum atomic E-state index is 12.8. The van der Waals surface area contributed by atoms with E-state index in [0.29, 0.717) is 6.42 Å². The molecule has 1 aromatic heterocycles. The van der Waals surface area contributed by atoms with Crippen molar-refractivity contribution >= 4 is 29.2 Å². The number of cyclic esters (lactones) is 1.